The van der Waals surface area contributed by atoms with Crippen molar-refractivity contribution in [2.75, 3.05) is 6.54 Å². The molecule has 3 nitrogen and oxygen atoms in total. The average molecular weight is 329 g/mol. The highest BCUT2D eigenvalue weighted by molar-refractivity contribution is 6.21. The number of carbonyl (C=O) groups is 2. The number of amides is 2. The molecule has 1 heterocycles. The van der Waals surface area contributed by atoms with Gasteiger partial charge in [0.25, 0.3) is 11.8 Å². The third-order valence-electron chi connectivity index (χ3n) is 4.93. The third kappa shape index (κ3) is 2.72. The van der Waals surface area contributed by atoms with Gasteiger partial charge in [-0.15, -0.1) is 0 Å². The number of allylic oxidation sites excluding steroid dienone is 3. The van der Waals surface area contributed by atoms with E-state index in [0.29, 0.717) is 17.7 Å². The Labute approximate surface area is 147 Å². The summed E-state index contributed by atoms with van der Waals surface area (Å²) in [5, 5.41) is 0. The lowest BCUT2D eigenvalue weighted by atomic mass is 9.87. The molecule has 0 atom stereocenters. The predicted octanol–water partition coefficient (Wildman–Crippen LogP) is 4.48. The van der Waals surface area contributed by atoms with Gasteiger partial charge in [-0.1, -0.05) is 54.1 Å². The van der Waals surface area contributed by atoms with Crippen molar-refractivity contribution in [2.24, 2.45) is 0 Å². The Balaban J connectivity index is 1.69. The molecule has 1 aliphatic heterocycles. The number of carbonyl (C=O) groups excluding carboxylic acids is 2. The van der Waals surface area contributed by atoms with Gasteiger partial charge >= 0.3 is 0 Å². The van der Waals surface area contributed by atoms with Crippen LogP contribution in [0.2, 0.25) is 0 Å². The van der Waals surface area contributed by atoms with Crippen molar-refractivity contribution in [3.05, 3.63) is 88.5 Å². The Kier molecular flexibility index (Phi) is 3.85. The molecular weight excluding hydrogens is 310 g/mol. The topological polar surface area (TPSA) is 37.4 Å². The number of hydrogen-bond acceptors (Lipinski definition) is 2. The van der Waals surface area contributed by atoms with Gasteiger partial charge in [0.15, 0.2) is 0 Å². The molecule has 0 bridgehead atoms. The first-order valence-corrected chi connectivity index (χ1v) is 8.52. The minimum Gasteiger partial charge on any atom is -0.270 e. The van der Waals surface area contributed by atoms with Crippen LogP contribution < -0.4 is 0 Å². The molecule has 0 spiro atoms. The standard InChI is InChI=1S/C22H19NO2/c1-15-11-12-17(20(13-15)16-7-3-2-4-8-16)14-23-21(24)18-9-5-6-10-19(18)22(23)25/h2-11H,12-14H2,1H3. The molecule has 0 aromatic heterocycles. The lowest BCUT2D eigenvalue weighted by Gasteiger charge is -2.23. The van der Waals surface area contributed by atoms with Crippen LogP contribution >= 0.6 is 0 Å². The third-order valence-corrected chi connectivity index (χ3v) is 4.93. The summed E-state index contributed by atoms with van der Waals surface area (Å²) < 4.78 is 0. The smallest absolute Gasteiger partial charge is 0.261 e. The van der Waals surface area contributed by atoms with Gasteiger partial charge in [-0.2, -0.15) is 0 Å². The maximum atomic E-state index is 12.7. The van der Waals surface area contributed by atoms with E-state index in [1.807, 2.05) is 18.2 Å². The molecule has 25 heavy (non-hydrogen) atoms. The molecular formula is C22H19NO2. The Hall–Kier alpha value is -2.94. The van der Waals surface area contributed by atoms with Gasteiger partial charge in [0.1, 0.15) is 0 Å². The zero-order valence-electron chi connectivity index (χ0n) is 14.2. The number of nitrogens with zero attached hydrogens (tertiary/aromatic N) is 1. The van der Waals surface area contributed by atoms with E-state index < -0.39 is 0 Å². The zero-order valence-corrected chi connectivity index (χ0v) is 14.2. The highest BCUT2D eigenvalue weighted by Gasteiger charge is 2.35. The van der Waals surface area contributed by atoms with E-state index in [-0.39, 0.29) is 11.8 Å². The highest BCUT2D eigenvalue weighted by atomic mass is 16.2. The highest BCUT2D eigenvalue weighted by Crippen LogP contribution is 2.34. The fraction of sp³-hybridized carbons (Fsp3) is 0.182. The Morgan fingerprint density at radius 1 is 0.880 bits per heavy atom. The summed E-state index contributed by atoms with van der Waals surface area (Å²) in [6.07, 6.45) is 3.84. The summed E-state index contributed by atoms with van der Waals surface area (Å²) in [4.78, 5) is 26.7. The number of imide groups is 1. The molecule has 1 aliphatic carbocycles. The van der Waals surface area contributed by atoms with E-state index in [9.17, 15) is 9.59 Å². The van der Waals surface area contributed by atoms with Crippen LogP contribution in [0.15, 0.2) is 71.8 Å². The van der Waals surface area contributed by atoms with Gasteiger partial charge in [0, 0.05) is 0 Å². The Morgan fingerprint density at radius 3 is 2.12 bits per heavy atom. The minimum absolute atomic E-state index is 0.188. The first-order valence-electron chi connectivity index (χ1n) is 8.52. The van der Waals surface area contributed by atoms with Crippen LogP contribution in [0.25, 0.3) is 5.57 Å². The van der Waals surface area contributed by atoms with Crippen LogP contribution in [0.5, 0.6) is 0 Å². The molecule has 2 aromatic rings. The van der Waals surface area contributed by atoms with Crippen molar-refractivity contribution in [2.45, 2.75) is 19.8 Å². The quantitative estimate of drug-likeness (QED) is 0.615. The summed E-state index contributed by atoms with van der Waals surface area (Å²) in [5.74, 6) is -0.376. The van der Waals surface area contributed by atoms with Crippen molar-refractivity contribution < 1.29 is 9.59 Å². The van der Waals surface area contributed by atoms with E-state index in [4.69, 9.17) is 0 Å². The van der Waals surface area contributed by atoms with Crippen LogP contribution in [0, 0.1) is 0 Å². The molecule has 0 radical (unpaired) electrons. The lowest BCUT2D eigenvalue weighted by molar-refractivity contribution is 0.0667. The van der Waals surface area contributed by atoms with E-state index in [0.717, 1.165) is 18.4 Å². The first-order chi connectivity index (χ1) is 12.1. The molecule has 2 amide bonds. The Morgan fingerprint density at radius 2 is 1.48 bits per heavy atom. The SMILES string of the molecule is CC1=CCC(CN2C(=O)c3ccccc3C2=O)=C(c2ccccc2)C1. The summed E-state index contributed by atoms with van der Waals surface area (Å²) in [6, 6.07) is 17.3. The molecule has 124 valence electrons. The second-order valence-electron chi connectivity index (χ2n) is 6.62. The van der Waals surface area contributed by atoms with Gasteiger partial charge < -0.3 is 0 Å². The number of fused-ring (bicyclic) bond motifs is 1. The number of hydrogen-bond donors (Lipinski definition) is 0. The molecule has 2 aromatic carbocycles. The van der Waals surface area contributed by atoms with Crippen molar-refractivity contribution in [1.82, 2.24) is 4.90 Å². The molecule has 0 fully saturated rings. The van der Waals surface area contributed by atoms with Gasteiger partial charge in [-0.3, -0.25) is 14.5 Å². The normalized spacial score (nSPS) is 17.0. The number of benzene rings is 2. The first kappa shape index (κ1) is 15.6. The maximum absolute atomic E-state index is 12.7. The fourth-order valence-electron chi connectivity index (χ4n) is 3.58. The van der Waals surface area contributed by atoms with Crippen LogP contribution in [0.1, 0.15) is 46.0 Å². The number of rotatable bonds is 3. The van der Waals surface area contributed by atoms with E-state index in [1.165, 1.54) is 21.6 Å². The lowest BCUT2D eigenvalue weighted by Crippen LogP contribution is -2.32. The van der Waals surface area contributed by atoms with Crippen LogP contribution in [0.3, 0.4) is 0 Å². The van der Waals surface area contributed by atoms with Crippen molar-refractivity contribution in [1.29, 1.82) is 0 Å². The summed E-state index contributed by atoms with van der Waals surface area (Å²) >= 11 is 0. The van der Waals surface area contributed by atoms with Crippen LogP contribution in [0.4, 0.5) is 0 Å². The van der Waals surface area contributed by atoms with E-state index in [1.54, 1.807) is 24.3 Å². The fourth-order valence-corrected chi connectivity index (χ4v) is 3.58. The van der Waals surface area contributed by atoms with Gasteiger partial charge in [-0.25, -0.2) is 0 Å². The maximum Gasteiger partial charge on any atom is 0.261 e. The second-order valence-corrected chi connectivity index (χ2v) is 6.62. The van der Waals surface area contributed by atoms with E-state index in [2.05, 4.69) is 25.1 Å². The average Bonchev–Trinajstić information content (AvgIpc) is 2.89. The largest absolute Gasteiger partial charge is 0.270 e. The summed E-state index contributed by atoms with van der Waals surface area (Å²) in [6.45, 7) is 2.49. The summed E-state index contributed by atoms with van der Waals surface area (Å²) in [7, 11) is 0. The van der Waals surface area contributed by atoms with E-state index >= 15 is 0 Å². The summed E-state index contributed by atoms with van der Waals surface area (Å²) in [5.41, 5.74) is 5.89. The molecule has 0 saturated heterocycles. The molecule has 2 aliphatic rings. The predicted molar refractivity (Wildman–Crippen MR) is 98.2 cm³/mol. The van der Waals surface area contributed by atoms with Gasteiger partial charge in [-0.05, 0) is 48.6 Å². The minimum atomic E-state index is -0.188. The monoisotopic (exact) mass is 329 g/mol. The van der Waals surface area contributed by atoms with Crippen LogP contribution in [-0.2, 0) is 0 Å². The van der Waals surface area contributed by atoms with Crippen molar-refractivity contribution in [3.8, 4) is 0 Å². The molecule has 0 unspecified atom stereocenters. The molecule has 4 rings (SSSR count). The van der Waals surface area contributed by atoms with Gasteiger partial charge in [0.05, 0.1) is 17.7 Å². The van der Waals surface area contributed by atoms with Crippen molar-refractivity contribution >= 4 is 17.4 Å². The zero-order chi connectivity index (χ0) is 17.4. The van der Waals surface area contributed by atoms with Crippen molar-refractivity contribution in [3.63, 3.8) is 0 Å². The molecule has 3 heteroatoms. The van der Waals surface area contributed by atoms with Crippen LogP contribution in [-0.4, -0.2) is 23.3 Å². The van der Waals surface area contributed by atoms with Gasteiger partial charge in [0.2, 0.25) is 0 Å². The molecule has 0 saturated carbocycles. The Bertz CT molecular complexity index is 887. The molecule has 0 N–H and O–H groups in total. The second kappa shape index (κ2) is 6.17.